The molecule has 4 heteroatoms. The fourth-order valence-electron chi connectivity index (χ4n) is 1.62. The minimum Gasteiger partial charge on any atom is -0.316 e. The number of nitrogens with one attached hydrogen (secondary N) is 1. The van der Waals surface area contributed by atoms with Gasteiger partial charge in [-0.15, -0.1) is 0 Å². The van der Waals surface area contributed by atoms with Crippen molar-refractivity contribution in [2.75, 3.05) is 7.05 Å². The van der Waals surface area contributed by atoms with Crippen molar-refractivity contribution in [1.82, 2.24) is 5.32 Å². The lowest BCUT2D eigenvalue weighted by Gasteiger charge is -2.06. The normalized spacial score (nSPS) is 10.6. The van der Waals surface area contributed by atoms with E-state index in [1.807, 2.05) is 13.1 Å². The average molecular weight is 265 g/mol. The van der Waals surface area contributed by atoms with Gasteiger partial charge in [0.15, 0.2) is 0 Å². The van der Waals surface area contributed by atoms with E-state index in [4.69, 9.17) is 0 Å². The first-order valence-corrected chi connectivity index (χ1v) is 6.36. The summed E-state index contributed by atoms with van der Waals surface area (Å²) >= 11 is 1.42. The molecule has 0 unspecified atom stereocenters. The smallest absolute Gasteiger partial charge is 0.124 e. The molecule has 0 heterocycles. The number of hydrogen-bond acceptors (Lipinski definition) is 2. The minimum atomic E-state index is -0.269. The van der Waals surface area contributed by atoms with Gasteiger partial charge in [0.25, 0.3) is 0 Å². The highest BCUT2D eigenvalue weighted by atomic mass is 32.2. The highest BCUT2D eigenvalue weighted by molar-refractivity contribution is 7.99. The molecular formula is C14H13F2NS. The van der Waals surface area contributed by atoms with Crippen LogP contribution in [-0.4, -0.2) is 7.05 Å². The van der Waals surface area contributed by atoms with Crippen LogP contribution in [0, 0.1) is 11.6 Å². The highest BCUT2D eigenvalue weighted by Gasteiger charge is 2.03. The molecule has 1 N–H and O–H groups in total. The van der Waals surface area contributed by atoms with Crippen molar-refractivity contribution in [2.45, 2.75) is 16.3 Å². The van der Waals surface area contributed by atoms with Crippen LogP contribution in [0.5, 0.6) is 0 Å². The summed E-state index contributed by atoms with van der Waals surface area (Å²) in [5.74, 6) is -0.526. The van der Waals surface area contributed by atoms with E-state index in [2.05, 4.69) is 5.32 Å². The first-order valence-electron chi connectivity index (χ1n) is 5.55. The quantitative estimate of drug-likeness (QED) is 0.901. The molecule has 0 saturated heterocycles. The molecule has 0 spiro atoms. The van der Waals surface area contributed by atoms with Gasteiger partial charge in [-0.1, -0.05) is 11.8 Å². The molecule has 0 aliphatic rings. The van der Waals surface area contributed by atoms with Crippen molar-refractivity contribution in [2.24, 2.45) is 0 Å². The number of benzene rings is 2. The van der Waals surface area contributed by atoms with Crippen molar-refractivity contribution in [3.8, 4) is 0 Å². The molecule has 1 nitrogen and oxygen atoms in total. The van der Waals surface area contributed by atoms with Crippen LogP contribution < -0.4 is 5.32 Å². The average Bonchev–Trinajstić information content (AvgIpc) is 2.32. The molecule has 0 aliphatic heterocycles. The molecule has 0 radical (unpaired) electrons. The summed E-state index contributed by atoms with van der Waals surface area (Å²) in [6.45, 7) is 0.620. The molecule has 0 fully saturated rings. The Morgan fingerprint density at radius 3 is 2.33 bits per heavy atom. The summed E-state index contributed by atoms with van der Waals surface area (Å²) in [5, 5.41) is 2.98. The van der Waals surface area contributed by atoms with E-state index in [1.54, 1.807) is 12.1 Å². The molecule has 2 rings (SSSR count). The van der Waals surface area contributed by atoms with Gasteiger partial charge < -0.3 is 5.32 Å². The van der Waals surface area contributed by atoms with E-state index in [0.29, 0.717) is 6.54 Å². The standard InChI is InChI=1S/C14H13F2NS/c1-17-9-10-6-12(16)8-14(7-10)18-13-4-2-11(15)3-5-13/h2-8,17H,9H2,1H3. The van der Waals surface area contributed by atoms with Crippen molar-refractivity contribution in [1.29, 1.82) is 0 Å². The number of rotatable bonds is 4. The van der Waals surface area contributed by atoms with Gasteiger partial charge in [0, 0.05) is 16.3 Å². The molecule has 2 aromatic rings. The molecule has 0 saturated carbocycles. The largest absolute Gasteiger partial charge is 0.316 e. The fraction of sp³-hybridized carbons (Fsp3) is 0.143. The van der Waals surface area contributed by atoms with Crippen molar-refractivity contribution in [3.05, 3.63) is 59.7 Å². The Kier molecular flexibility index (Phi) is 4.33. The molecule has 0 bridgehead atoms. The van der Waals surface area contributed by atoms with Crippen molar-refractivity contribution in [3.63, 3.8) is 0 Å². The second-order valence-corrected chi connectivity index (χ2v) is 5.03. The number of hydrogen-bond donors (Lipinski definition) is 1. The van der Waals surface area contributed by atoms with Gasteiger partial charge in [0.05, 0.1) is 0 Å². The molecule has 18 heavy (non-hydrogen) atoms. The molecular weight excluding hydrogens is 252 g/mol. The first kappa shape index (κ1) is 13.1. The third-order valence-electron chi connectivity index (χ3n) is 2.36. The van der Waals surface area contributed by atoms with Crippen LogP contribution in [-0.2, 0) is 6.54 Å². The molecule has 2 aromatic carbocycles. The lowest BCUT2D eigenvalue weighted by atomic mass is 10.2. The number of halogens is 2. The Hall–Kier alpha value is -1.39. The summed E-state index contributed by atoms with van der Waals surface area (Å²) in [4.78, 5) is 1.70. The van der Waals surface area contributed by atoms with Gasteiger partial charge >= 0.3 is 0 Å². The predicted molar refractivity (Wildman–Crippen MR) is 69.7 cm³/mol. The third kappa shape index (κ3) is 3.55. The maximum absolute atomic E-state index is 13.4. The van der Waals surface area contributed by atoms with E-state index in [1.165, 1.54) is 36.0 Å². The molecule has 0 amide bonds. The van der Waals surface area contributed by atoms with Crippen LogP contribution in [0.4, 0.5) is 8.78 Å². The van der Waals surface area contributed by atoms with Gasteiger partial charge in [0.1, 0.15) is 11.6 Å². The van der Waals surface area contributed by atoms with Gasteiger partial charge in [-0.05, 0) is 55.1 Å². The van der Waals surface area contributed by atoms with Crippen molar-refractivity contribution >= 4 is 11.8 Å². The summed E-state index contributed by atoms with van der Waals surface area (Å²) in [6.07, 6.45) is 0. The predicted octanol–water partition coefficient (Wildman–Crippen LogP) is 3.84. The van der Waals surface area contributed by atoms with Crippen LogP contribution in [0.3, 0.4) is 0 Å². The van der Waals surface area contributed by atoms with Crippen LogP contribution in [0.1, 0.15) is 5.56 Å². The lowest BCUT2D eigenvalue weighted by molar-refractivity contribution is 0.619. The summed E-state index contributed by atoms with van der Waals surface area (Å²) in [5.41, 5.74) is 0.891. The molecule has 0 aromatic heterocycles. The summed E-state index contributed by atoms with van der Waals surface area (Å²) in [6, 6.07) is 11.1. The Morgan fingerprint density at radius 1 is 0.944 bits per heavy atom. The van der Waals surface area contributed by atoms with E-state index in [9.17, 15) is 8.78 Å². The van der Waals surface area contributed by atoms with E-state index in [0.717, 1.165) is 15.4 Å². The van der Waals surface area contributed by atoms with E-state index >= 15 is 0 Å². The zero-order chi connectivity index (χ0) is 13.0. The van der Waals surface area contributed by atoms with Crippen LogP contribution in [0.2, 0.25) is 0 Å². The van der Waals surface area contributed by atoms with Crippen molar-refractivity contribution < 1.29 is 8.78 Å². The Morgan fingerprint density at radius 2 is 1.67 bits per heavy atom. The zero-order valence-corrected chi connectivity index (χ0v) is 10.7. The minimum absolute atomic E-state index is 0.257. The fourth-order valence-corrected chi connectivity index (χ4v) is 2.55. The highest BCUT2D eigenvalue weighted by Crippen LogP contribution is 2.29. The Labute approximate surface area is 109 Å². The van der Waals surface area contributed by atoms with Gasteiger partial charge in [0.2, 0.25) is 0 Å². The third-order valence-corrected chi connectivity index (χ3v) is 3.34. The van der Waals surface area contributed by atoms with Crippen LogP contribution >= 0.6 is 11.8 Å². The molecule has 0 atom stereocenters. The monoisotopic (exact) mass is 265 g/mol. The van der Waals surface area contributed by atoms with Crippen LogP contribution in [0.15, 0.2) is 52.3 Å². The van der Waals surface area contributed by atoms with Gasteiger partial charge in [-0.3, -0.25) is 0 Å². The topological polar surface area (TPSA) is 12.0 Å². The summed E-state index contributed by atoms with van der Waals surface area (Å²) in [7, 11) is 1.82. The van der Waals surface area contributed by atoms with E-state index < -0.39 is 0 Å². The summed E-state index contributed by atoms with van der Waals surface area (Å²) < 4.78 is 26.2. The molecule has 94 valence electrons. The SMILES string of the molecule is CNCc1cc(F)cc(Sc2ccc(F)cc2)c1. The molecule has 0 aliphatic carbocycles. The lowest BCUT2D eigenvalue weighted by Crippen LogP contribution is -2.05. The van der Waals surface area contributed by atoms with Gasteiger partial charge in [-0.25, -0.2) is 8.78 Å². The van der Waals surface area contributed by atoms with Crippen LogP contribution in [0.25, 0.3) is 0 Å². The first-order chi connectivity index (χ1) is 8.67. The Balaban J connectivity index is 2.20. The van der Waals surface area contributed by atoms with Gasteiger partial charge in [-0.2, -0.15) is 0 Å². The second-order valence-electron chi connectivity index (χ2n) is 3.88. The zero-order valence-electron chi connectivity index (χ0n) is 9.91. The second kappa shape index (κ2) is 5.98. The maximum Gasteiger partial charge on any atom is 0.124 e. The Bertz CT molecular complexity index is 526. The van der Waals surface area contributed by atoms with E-state index in [-0.39, 0.29) is 11.6 Å². The maximum atomic E-state index is 13.4.